The number of nitrogens with one attached hydrogen (secondary N) is 2. The molecule has 1 aliphatic heterocycles. The fraction of sp³-hybridized carbons (Fsp3) is 0.361. The lowest BCUT2D eigenvalue weighted by Gasteiger charge is -2.36. The lowest BCUT2D eigenvalue weighted by Crippen LogP contribution is -2.32. The number of amides is 2. The van der Waals surface area contributed by atoms with E-state index in [1.165, 1.54) is 6.92 Å². The van der Waals surface area contributed by atoms with E-state index in [2.05, 4.69) is 15.6 Å². The van der Waals surface area contributed by atoms with Crippen LogP contribution in [0.2, 0.25) is 10.3 Å². The summed E-state index contributed by atoms with van der Waals surface area (Å²) in [5.41, 5.74) is 5.76. The number of benzene rings is 3. The van der Waals surface area contributed by atoms with Crippen LogP contribution in [0, 0.1) is 0 Å². The summed E-state index contributed by atoms with van der Waals surface area (Å²) in [7, 11) is 0. The maximum atomic E-state index is 12.5. The van der Waals surface area contributed by atoms with Crippen LogP contribution in [0.15, 0.2) is 79.1 Å². The van der Waals surface area contributed by atoms with Gasteiger partial charge in [0.1, 0.15) is 5.15 Å². The highest BCUT2D eigenvalue weighted by Crippen LogP contribution is 2.39. The predicted molar refractivity (Wildman–Crippen MR) is 182 cm³/mol. The van der Waals surface area contributed by atoms with E-state index in [1.54, 1.807) is 10.9 Å². The number of aliphatic hydroxyl groups excluding tert-OH is 1. The number of nitrogens with zero attached hydrogens (tertiary/aromatic N) is 2. The fourth-order valence-corrected chi connectivity index (χ4v) is 5.95. The van der Waals surface area contributed by atoms with E-state index in [9.17, 15) is 14.7 Å². The Morgan fingerprint density at radius 2 is 1.68 bits per heavy atom. The zero-order valence-electron chi connectivity index (χ0n) is 26.3. The molecule has 1 aromatic heterocycles. The van der Waals surface area contributed by atoms with Crippen LogP contribution in [0.4, 0.5) is 0 Å². The predicted octanol–water partition coefficient (Wildman–Crippen LogP) is 6.91. The number of carbonyl (C=O) groups is 2. The van der Waals surface area contributed by atoms with Gasteiger partial charge >= 0.3 is 0 Å². The standard InChI is InChI=1S/C36H40Cl2N4O5/c1-24(44)39-18-6-2-3-9-33(45)40-20-29-7-4-5-8-31(29)26-14-16-28(17-15-26)36-46-30(21-42-23-41-34(37)35(42)38)19-32(47-36)27-12-10-25(22-43)11-13-27/h4-5,7-8,10-17,23,30,32,36,43H,2-3,6,9,18-22H2,1H3,(H,39,44)(H,40,45)/t30-,32+,36+/m0/s1. The molecule has 0 saturated carbocycles. The molecule has 2 heterocycles. The second-order valence-corrected chi connectivity index (χ2v) is 12.4. The Kier molecular flexibility index (Phi) is 12.4. The molecule has 5 rings (SSSR count). The van der Waals surface area contributed by atoms with Gasteiger partial charge < -0.3 is 29.8 Å². The van der Waals surface area contributed by atoms with Gasteiger partial charge in [0.25, 0.3) is 0 Å². The quantitative estimate of drug-likeness (QED) is 0.125. The van der Waals surface area contributed by atoms with Crippen molar-refractivity contribution in [2.24, 2.45) is 0 Å². The molecule has 248 valence electrons. The Balaban J connectivity index is 1.25. The fourth-order valence-electron chi connectivity index (χ4n) is 5.63. The summed E-state index contributed by atoms with van der Waals surface area (Å²) >= 11 is 12.5. The van der Waals surface area contributed by atoms with Crippen molar-refractivity contribution >= 4 is 35.0 Å². The summed E-state index contributed by atoms with van der Waals surface area (Å²) in [6, 6.07) is 23.9. The zero-order valence-corrected chi connectivity index (χ0v) is 27.8. The summed E-state index contributed by atoms with van der Waals surface area (Å²) in [6.07, 6.45) is 4.06. The van der Waals surface area contributed by atoms with Crippen LogP contribution in [-0.2, 0) is 38.8 Å². The van der Waals surface area contributed by atoms with E-state index in [0.717, 1.165) is 52.6 Å². The Morgan fingerprint density at radius 1 is 0.936 bits per heavy atom. The summed E-state index contributed by atoms with van der Waals surface area (Å²) in [4.78, 5) is 27.6. The maximum absolute atomic E-state index is 12.5. The highest BCUT2D eigenvalue weighted by atomic mass is 35.5. The first-order chi connectivity index (χ1) is 22.8. The summed E-state index contributed by atoms with van der Waals surface area (Å²) in [5.74, 6) is -0.0235. The van der Waals surface area contributed by atoms with Gasteiger partial charge in [-0.1, -0.05) is 102 Å². The molecule has 3 N–H and O–H groups in total. The number of hydrogen-bond acceptors (Lipinski definition) is 6. The minimum atomic E-state index is -0.629. The van der Waals surface area contributed by atoms with Gasteiger partial charge in [-0.3, -0.25) is 9.59 Å². The second kappa shape index (κ2) is 16.9. The first kappa shape index (κ1) is 34.6. The number of halogens is 2. The van der Waals surface area contributed by atoms with Gasteiger partial charge in [-0.05, 0) is 40.7 Å². The van der Waals surface area contributed by atoms with Crippen LogP contribution in [-0.4, -0.2) is 39.1 Å². The normalized spacial score (nSPS) is 17.7. The van der Waals surface area contributed by atoms with Crippen LogP contribution in [0.25, 0.3) is 11.1 Å². The van der Waals surface area contributed by atoms with Crippen molar-refractivity contribution in [3.63, 3.8) is 0 Å². The molecule has 4 aromatic rings. The molecular weight excluding hydrogens is 639 g/mol. The number of carbonyl (C=O) groups excluding carboxylic acids is 2. The summed E-state index contributed by atoms with van der Waals surface area (Å²) in [6.45, 7) is 3.00. The van der Waals surface area contributed by atoms with E-state index in [0.29, 0.717) is 37.6 Å². The van der Waals surface area contributed by atoms with Crippen LogP contribution in [0.3, 0.4) is 0 Å². The van der Waals surface area contributed by atoms with E-state index >= 15 is 0 Å². The van der Waals surface area contributed by atoms with Crippen molar-refractivity contribution in [1.29, 1.82) is 0 Å². The molecular formula is C36H40Cl2N4O5. The van der Waals surface area contributed by atoms with E-state index < -0.39 is 6.29 Å². The Hall–Kier alpha value is -3.73. The number of aromatic nitrogens is 2. The molecule has 9 nitrogen and oxygen atoms in total. The molecule has 0 unspecified atom stereocenters. The van der Waals surface area contributed by atoms with Crippen molar-refractivity contribution in [2.75, 3.05) is 6.54 Å². The summed E-state index contributed by atoms with van der Waals surface area (Å²) < 4.78 is 14.7. The van der Waals surface area contributed by atoms with Gasteiger partial charge in [-0.2, -0.15) is 0 Å². The van der Waals surface area contributed by atoms with E-state index in [1.807, 2.05) is 72.8 Å². The Morgan fingerprint density at radius 3 is 2.38 bits per heavy atom. The smallest absolute Gasteiger partial charge is 0.220 e. The molecule has 47 heavy (non-hydrogen) atoms. The highest BCUT2D eigenvalue weighted by molar-refractivity contribution is 6.40. The second-order valence-electron chi connectivity index (χ2n) is 11.7. The van der Waals surface area contributed by atoms with Gasteiger partial charge in [0.15, 0.2) is 11.4 Å². The molecule has 0 aliphatic carbocycles. The molecule has 2 amide bonds. The zero-order chi connectivity index (χ0) is 33.2. The number of hydrogen-bond donors (Lipinski definition) is 3. The van der Waals surface area contributed by atoms with Crippen LogP contribution in [0.5, 0.6) is 0 Å². The topological polar surface area (TPSA) is 115 Å². The Labute approximate surface area is 285 Å². The van der Waals surface area contributed by atoms with Gasteiger partial charge in [0, 0.05) is 38.4 Å². The molecule has 11 heteroatoms. The van der Waals surface area contributed by atoms with Crippen molar-refractivity contribution in [1.82, 2.24) is 20.2 Å². The van der Waals surface area contributed by atoms with Crippen molar-refractivity contribution < 1.29 is 24.2 Å². The van der Waals surface area contributed by atoms with Crippen LogP contribution < -0.4 is 10.6 Å². The first-order valence-corrected chi connectivity index (χ1v) is 16.6. The van der Waals surface area contributed by atoms with Crippen LogP contribution >= 0.6 is 23.2 Å². The minimum absolute atomic E-state index is 0.00985. The average molecular weight is 680 g/mol. The van der Waals surface area contributed by atoms with Gasteiger partial charge in [-0.25, -0.2) is 4.98 Å². The van der Waals surface area contributed by atoms with Crippen molar-refractivity contribution in [3.8, 4) is 11.1 Å². The highest BCUT2D eigenvalue weighted by Gasteiger charge is 2.33. The van der Waals surface area contributed by atoms with Gasteiger partial charge in [0.05, 0.1) is 31.7 Å². The van der Waals surface area contributed by atoms with Gasteiger partial charge in [0.2, 0.25) is 11.8 Å². The van der Waals surface area contributed by atoms with Gasteiger partial charge in [-0.15, -0.1) is 0 Å². The number of ether oxygens (including phenoxy) is 2. The number of imidazole rings is 1. The molecule has 1 saturated heterocycles. The third-order valence-corrected chi connectivity index (χ3v) is 8.96. The molecule has 3 aromatic carbocycles. The monoisotopic (exact) mass is 678 g/mol. The van der Waals surface area contributed by atoms with E-state index in [-0.39, 0.29) is 35.8 Å². The average Bonchev–Trinajstić information content (AvgIpc) is 3.41. The van der Waals surface area contributed by atoms with Crippen LogP contribution in [0.1, 0.15) is 73.7 Å². The molecule has 0 spiro atoms. The lowest BCUT2D eigenvalue weighted by atomic mass is 9.97. The van der Waals surface area contributed by atoms with Crippen molar-refractivity contribution in [2.45, 2.75) is 77.2 Å². The lowest BCUT2D eigenvalue weighted by molar-refractivity contribution is -0.252. The molecule has 0 bridgehead atoms. The number of rotatable bonds is 14. The first-order valence-electron chi connectivity index (χ1n) is 15.9. The summed E-state index contributed by atoms with van der Waals surface area (Å²) in [5, 5.41) is 15.9. The molecule has 1 fully saturated rings. The number of unbranched alkanes of at least 4 members (excludes halogenated alkanes) is 2. The third kappa shape index (κ3) is 9.65. The largest absolute Gasteiger partial charge is 0.392 e. The maximum Gasteiger partial charge on any atom is 0.220 e. The molecule has 0 radical (unpaired) electrons. The molecule has 1 aliphatic rings. The van der Waals surface area contributed by atoms with Crippen molar-refractivity contribution in [3.05, 3.63) is 112 Å². The third-order valence-electron chi connectivity index (χ3n) is 8.19. The SMILES string of the molecule is CC(=O)NCCCCCC(=O)NCc1ccccc1-c1ccc([C@@H]2O[C@H](Cn3cnc(Cl)c3Cl)C[C@H](c3ccc(CO)cc3)O2)cc1. The number of aliphatic hydroxyl groups is 1. The molecule has 3 atom stereocenters. The minimum Gasteiger partial charge on any atom is -0.392 e. The van der Waals surface area contributed by atoms with E-state index in [4.69, 9.17) is 32.7 Å². The Bertz CT molecular complexity index is 1630.